The lowest BCUT2D eigenvalue weighted by Gasteiger charge is -2.10. The summed E-state index contributed by atoms with van der Waals surface area (Å²) in [6.07, 6.45) is 1.96. The number of amides is 1. The molecule has 6 nitrogen and oxygen atoms in total. The highest BCUT2D eigenvalue weighted by molar-refractivity contribution is 7.98. The molecule has 1 aliphatic rings. The van der Waals surface area contributed by atoms with Gasteiger partial charge in [0.25, 0.3) is 10.0 Å². The van der Waals surface area contributed by atoms with Crippen LogP contribution in [0.15, 0.2) is 63.3 Å². The number of anilines is 1. The van der Waals surface area contributed by atoms with Gasteiger partial charge in [-0.3, -0.25) is 14.5 Å². The molecule has 0 spiro atoms. The van der Waals surface area contributed by atoms with Crippen LogP contribution in [0.5, 0.6) is 0 Å². The third-order valence-corrected chi connectivity index (χ3v) is 5.82. The summed E-state index contributed by atoms with van der Waals surface area (Å²) in [5, 5.41) is 2.80. The van der Waals surface area contributed by atoms with Gasteiger partial charge in [-0.1, -0.05) is 18.2 Å². The van der Waals surface area contributed by atoms with Crippen molar-refractivity contribution in [3.63, 3.8) is 0 Å². The quantitative estimate of drug-likeness (QED) is 0.804. The highest BCUT2D eigenvalue weighted by Gasteiger charge is 2.31. The lowest BCUT2D eigenvalue weighted by atomic mass is 10.2. The number of benzene rings is 2. The number of nitrogens with zero attached hydrogens (tertiary/aromatic N) is 1. The number of hydrogen-bond donors (Lipinski definition) is 2. The summed E-state index contributed by atoms with van der Waals surface area (Å²) in [5.74, 6) is -0.120. The Kier molecular flexibility index (Phi) is 4.82. The van der Waals surface area contributed by atoms with E-state index in [-0.39, 0.29) is 16.6 Å². The van der Waals surface area contributed by atoms with Gasteiger partial charge in [0, 0.05) is 16.1 Å². The standard InChI is InChI=1S/C17H17N3O3S2/c1-11(17(21)19-12-6-5-7-13(10-12)24-2)18-16-14-8-3-4-9-15(14)25(22,23)20-16/h3-11H,1-2H3,(H,18,20)(H,19,21)/t11-/m0/s1. The summed E-state index contributed by atoms with van der Waals surface area (Å²) in [6.45, 7) is 1.62. The van der Waals surface area contributed by atoms with Crippen molar-refractivity contribution < 1.29 is 13.2 Å². The van der Waals surface area contributed by atoms with E-state index in [1.807, 2.05) is 24.5 Å². The first-order valence-corrected chi connectivity index (χ1v) is 10.3. The van der Waals surface area contributed by atoms with Gasteiger partial charge in [-0.05, 0) is 43.5 Å². The number of carbonyl (C=O) groups is 1. The van der Waals surface area contributed by atoms with Crippen molar-refractivity contribution in [3.05, 3.63) is 54.1 Å². The fraction of sp³-hybridized carbons (Fsp3) is 0.176. The van der Waals surface area contributed by atoms with Crippen molar-refractivity contribution in [1.29, 1.82) is 0 Å². The number of thioether (sulfide) groups is 1. The lowest BCUT2D eigenvalue weighted by Crippen LogP contribution is -2.28. The zero-order valence-corrected chi connectivity index (χ0v) is 15.3. The minimum Gasteiger partial charge on any atom is -0.324 e. The SMILES string of the molecule is CSc1cccc(NC(=O)[C@H](C)N=C2NS(=O)(=O)c3ccccc32)c1. The Morgan fingerprint density at radius 1 is 1.20 bits per heavy atom. The molecule has 0 saturated carbocycles. The van der Waals surface area contributed by atoms with E-state index >= 15 is 0 Å². The zero-order chi connectivity index (χ0) is 18.0. The van der Waals surface area contributed by atoms with Crippen molar-refractivity contribution in [2.75, 3.05) is 11.6 Å². The molecule has 1 heterocycles. The van der Waals surface area contributed by atoms with Gasteiger partial charge in [0.05, 0.1) is 4.90 Å². The smallest absolute Gasteiger partial charge is 0.263 e. The molecule has 1 aliphatic heterocycles. The average Bonchev–Trinajstić information content (AvgIpc) is 2.86. The van der Waals surface area contributed by atoms with Gasteiger partial charge >= 0.3 is 0 Å². The molecule has 25 heavy (non-hydrogen) atoms. The Morgan fingerprint density at radius 2 is 1.96 bits per heavy atom. The number of nitrogens with one attached hydrogen (secondary N) is 2. The van der Waals surface area contributed by atoms with E-state index in [2.05, 4.69) is 15.0 Å². The predicted octanol–water partition coefficient (Wildman–Crippen LogP) is 2.47. The molecule has 0 fully saturated rings. The monoisotopic (exact) mass is 375 g/mol. The van der Waals surface area contributed by atoms with Crippen molar-refractivity contribution in [2.24, 2.45) is 4.99 Å². The molecule has 130 valence electrons. The second kappa shape index (κ2) is 6.89. The van der Waals surface area contributed by atoms with Crippen molar-refractivity contribution in [1.82, 2.24) is 4.72 Å². The van der Waals surface area contributed by atoms with Crippen LogP contribution in [0.2, 0.25) is 0 Å². The van der Waals surface area contributed by atoms with Gasteiger partial charge in [-0.2, -0.15) is 0 Å². The van der Waals surface area contributed by atoms with Crippen molar-refractivity contribution in [2.45, 2.75) is 22.8 Å². The van der Waals surface area contributed by atoms with Gasteiger partial charge in [-0.15, -0.1) is 11.8 Å². The molecule has 2 aromatic carbocycles. The lowest BCUT2D eigenvalue weighted by molar-refractivity contribution is -0.117. The van der Waals surface area contributed by atoms with E-state index < -0.39 is 16.1 Å². The third-order valence-electron chi connectivity index (χ3n) is 3.70. The maximum atomic E-state index is 12.4. The van der Waals surface area contributed by atoms with Gasteiger partial charge < -0.3 is 5.32 Å². The minimum absolute atomic E-state index is 0.175. The van der Waals surface area contributed by atoms with E-state index in [9.17, 15) is 13.2 Å². The molecule has 1 atom stereocenters. The largest absolute Gasteiger partial charge is 0.324 e. The molecule has 0 aromatic heterocycles. The molecule has 0 unspecified atom stereocenters. The Morgan fingerprint density at radius 3 is 2.72 bits per heavy atom. The first-order chi connectivity index (χ1) is 11.9. The highest BCUT2D eigenvalue weighted by Crippen LogP contribution is 2.23. The maximum Gasteiger partial charge on any atom is 0.263 e. The molecular formula is C17H17N3O3S2. The fourth-order valence-corrected chi connectivity index (χ4v) is 4.13. The Bertz CT molecular complexity index is 955. The van der Waals surface area contributed by atoms with E-state index in [1.165, 1.54) is 6.07 Å². The Labute approximate surface area is 150 Å². The molecule has 0 aliphatic carbocycles. The van der Waals surface area contributed by atoms with Gasteiger partial charge in [0.15, 0.2) is 0 Å². The van der Waals surface area contributed by atoms with Crippen LogP contribution < -0.4 is 10.0 Å². The number of hydrogen-bond acceptors (Lipinski definition) is 5. The van der Waals surface area contributed by atoms with E-state index in [4.69, 9.17) is 0 Å². The van der Waals surface area contributed by atoms with E-state index in [1.54, 1.807) is 43.0 Å². The molecule has 8 heteroatoms. The summed E-state index contributed by atoms with van der Waals surface area (Å²) in [7, 11) is -3.61. The summed E-state index contributed by atoms with van der Waals surface area (Å²) >= 11 is 1.58. The number of amidine groups is 1. The fourth-order valence-electron chi connectivity index (χ4n) is 2.43. The number of carbonyl (C=O) groups excluding carboxylic acids is 1. The van der Waals surface area contributed by atoms with Crippen LogP contribution in [-0.4, -0.2) is 32.5 Å². The first-order valence-electron chi connectivity index (χ1n) is 7.55. The maximum absolute atomic E-state index is 12.4. The number of sulfonamides is 1. The minimum atomic E-state index is -3.61. The molecule has 2 N–H and O–H groups in total. The molecule has 0 saturated heterocycles. The van der Waals surface area contributed by atoms with Crippen molar-refractivity contribution in [3.8, 4) is 0 Å². The van der Waals surface area contributed by atoms with E-state index in [0.29, 0.717) is 11.3 Å². The summed E-state index contributed by atoms with van der Waals surface area (Å²) in [5.41, 5.74) is 1.16. The topological polar surface area (TPSA) is 87.6 Å². The normalized spacial score (nSPS) is 17.6. The summed E-state index contributed by atoms with van der Waals surface area (Å²) in [4.78, 5) is 17.8. The summed E-state index contributed by atoms with van der Waals surface area (Å²) < 4.78 is 26.6. The summed E-state index contributed by atoms with van der Waals surface area (Å²) in [6, 6.07) is 13.3. The van der Waals surface area contributed by atoms with Crippen molar-refractivity contribution >= 4 is 39.2 Å². The average molecular weight is 375 g/mol. The molecule has 0 radical (unpaired) electrons. The number of rotatable bonds is 4. The number of fused-ring (bicyclic) bond motifs is 1. The molecule has 1 amide bonds. The van der Waals surface area contributed by atoms with Gasteiger partial charge in [-0.25, -0.2) is 8.42 Å². The van der Waals surface area contributed by atoms with Crippen LogP contribution >= 0.6 is 11.8 Å². The highest BCUT2D eigenvalue weighted by atomic mass is 32.2. The van der Waals surface area contributed by atoms with Crippen LogP contribution in [0.25, 0.3) is 0 Å². The molecule has 3 rings (SSSR count). The molecule has 2 aromatic rings. The van der Waals surface area contributed by atoms with Gasteiger partial charge in [0.2, 0.25) is 5.91 Å². The molecule has 0 bridgehead atoms. The predicted molar refractivity (Wildman–Crippen MR) is 99.6 cm³/mol. The zero-order valence-electron chi connectivity index (χ0n) is 13.7. The second-order valence-corrected chi connectivity index (χ2v) is 8.01. The first kappa shape index (κ1) is 17.5. The Balaban J connectivity index is 1.81. The third kappa shape index (κ3) is 3.69. The van der Waals surface area contributed by atoms with Crippen LogP contribution in [-0.2, 0) is 14.8 Å². The molecular weight excluding hydrogens is 358 g/mol. The van der Waals surface area contributed by atoms with E-state index in [0.717, 1.165) is 4.90 Å². The Hall–Kier alpha value is -2.32. The van der Waals surface area contributed by atoms with Gasteiger partial charge in [0.1, 0.15) is 11.9 Å². The van der Waals surface area contributed by atoms with Crippen LogP contribution in [0.3, 0.4) is 0 Å². The number of aliphatic imine (C=N–C) groups is 1. The van der Waals surface area contributed by atoms with Crippen LogP contribution in [0.1, 0.15) is 12.5 Å². The van der Waals surface area contributed by atoms with Crippen LogP contribution in [0.4, 0.5) is 5.69 Å². The van der Waals surface area contributed by atoms with Crippen LogP contribution in [0, 0.1) is 0 Å². The second-order valence-electron chi connectivity index (χ2n) is 5.48.